The minimum absolute atomic E-state index is 0.0117. The first-order valence-electron chi connectivity index (χ1n) is 16.5. The second kappa shape index (κ2) is 16.0. The number of hydrogen-bond acceptors (Lipinski definition) is 5. The van der Waals surface area contributed by atoms with Gasteiger partial charge in [-0.1, -0.05) is 65.4 Å². The molecule has 250 valence electrons. The minimum atomic E-state index is 0.0117. The summed E-state index contributed by atoms with van der Waals surface area (Å²) in [6, 6.07) is 22.1. The van der Waals surface area contributed by atoms with Gasteiger partial charge in [-0.2, -0.15) is 5.10 Å². The number of nitrogens with one attached hydrogen (secondary N) is 1. The van der Waals surface area contributed by atoms with E-state index < -0.39 is 0 Å². The Morgan fingerprint density at radius 1 is 0.917 bits per heavy atom. The summed E-state index contributed by atoms with van der Waals surface area (Å²) >= 11 is 12.7. The predicted octanol–water partition coefficient (Wildman–Crippen LogP) is 6.31. The molecular formula is C38H42Cl2N6O2. The van der Waals surface area contributed by atoms with Gasteiger partial charge in [-0.3, -0.25) is 9.58 Å². The van der Waals surface area contributed by atoms with Gasteiger partial charge in [0.05, 0.1) is 30.5 Å². The third-order valence-corrected chi connectivity index (χ3v) is 9.42. The van der Waals surface area contributed by atoms with Gasteiger partial charge in [0.25, 0.3) is 0 Å². The van der Waals surface area contributed by atoms with Crippen LogP contribution < -0.4 is 5.32 Å². The highest BCUT2D eigenvalue weighted by molar-refractivity contribution is 6.31. The molecule has 0 aliphatic carbocycles. The van der Waals surface area contributed by atoms with Gasteiger partial charge in [0.1, 0.15) is 0 Å². The van der Waals surface area contributed by atoms with Crippen LogP contribution in [0.5, 0.6) is 0 Å². The summed E-state index contributed by atoms with van der Waals surface area (Å²) < 4.78 is 7.67. The number of aryl methyl sites for hydroxylation is 1. The van der Waals surface area contributed by atoms with E-state index in [1.807, 2.05) is 59.5 Å². The van der Waals surface area contributed by atoms with E-state index >= 15 is 0 Å². The van der Waals surface area contributed by atoms with Crippen molar-refractivity contribution in [3.63, 3.8) is 0 Å². The molecule has 0 atom stereocenters. The van der Waals surface area contributed by atoms with Crippen LogP contribution in [0.1, 0.15) is 39.9 Å². The lowest BCUT2D eigenvalue weighted by atomic mass is 9.99. The number of carbonyl (C=O) groups excluding carboxylic acids is 1. The molecular weight excluding hydrogens is 643 g/mol. The number of hydrogen-bond donors (Lipinski definition) is 1. The van der Waals surface area contributed by atoms with Crippen LogP contribution in [-0.4, -0.2) is 84.0 Å². The highest BCUT2D eigenvalue weighted by atomic mass is 35.5. The van der Waals surface area contributed by atoms with Gasteiger partial charge in [-0.15, -0.1) is 0 Å². The van der Waals surface area contributed by atoms with Crippen molar-refractivity contribution in [1.82, 2.24) is 29.8 Å². The first kappa shape index (κ1) is 34.0. The van der Waals surface area contributed by atoms with Crippen LogP contribution in [0.4, 0.5) is 4.79 Å². The van der Waals surface area contributed by atoms with Crippen LogP contribution in [0.15, 0.2) is 66.7 Å². The normalized spacial score (nSPS) is 14.7. The third kappa shape index (κ3) is 8.59. The number of morpholine rings is 1. The molecule has 3 aromatic carbocycles. The van der Waals surface area contributed by atoms with E-state index in [-0.39, 0.29) is 6.03 Å². The molecule has 0 radical (unpaired) electrons. The summed E-state index contributed by atoms with van der Waals surface area (Å²) in [5.41, 5.74) is 8.19. The van der Waals surface area contributed by atoms with Gasteiger partial charge >= 0.3 is 6.03 Å². The number of carbonyl (C=O) groups is 1. The van der Waals surface area contributed by atoms with E-state index in [0.29, 0.717) is 18.1 Å². The topological polar surface area (TPSA) is 65.9 Å². The van der Waals surface area contributed by atoms with Crippen molar-refractivity contribution >= 4 is 29.2 Å². The zero-order valence-electron chi connectivity index (χ0n) is 27.6. The summed E-state index contributed by atoms with van der Waals surface area (Å²) in [6.45, 7) is 8.12. The molecule has 1 N–H and O–H groups in total. The molecule has 0 unspecified atom stereocenters. The average Bonchev–Trinajstić information content (AvgIpc) is 3.47. The van der Waals surface area contributed by atoms with Crippen LogP contribution in [0.3, 0.4) is 0 Å². The molecule has 6 rings (SSSR count). The van der Waals surface area contributed by atoms with Gasteiger partial charge in [-0.05, 0) is 53.9 Å². The van der Waals surface area contributed by atoms with Crippen molar-refractivity contribution in [2.75, 3.05) is 53.5 Å². The Hall–Kier alpha value is -3.84. The molecule has 0 spiro atoms. The van der Waals surface area contributed by atoms with Gasteiger partial charge in [0.15, 0.2) is 0 Å². The summed E-state index contributed by atoms with van der Waals surface area (Å²) in [7, 11) is 3.59. The smallest absolute Gasteiger partial charge is 0.319 e. The van der Waals surface area contributed by atoms with E-state index in [9.17, 15) is 4.79 Å². The lowest BCUT2D eigenvalue weighted by molar-refractivity contribution is 0.0368. The summed E-state index contributed by atoms with van der Waals surface area (Å²) in [5, 5.41) is 9.96. The predicted molar refractivity (Wildman–Crippen MR) is 192 cm³/mol. The van der Waals surface area contributed by atoms with Crippen LogP contribution in [-0.2, 0) is 37.3 Å². The van der Waals surface area contributed by atoms with E-state index in [0.717, 1.165) is 98.3 Å². The van der Waals surface area contributed by atoms with Crippen molar-refractivity contribution in [2.24, 2.45) is 0 Å². The van der Waals surface area contributed by atoms with Crippen molar-refractivity contribution < 1.29 is 9.53 Å². The number of ether oxygens (including phenoxy) is 1. The second-order valence-electron chi connectivity index (χ2n) is 12.5. The number of urea groups is 1. The molecule has 1 aromatic heterocycles. The van der Waals surface area contributed by atoms with Crippen LogP contribution in [0, 0.1) is 11.8 Å². The summed E-state index contributed by atoms with van der Waals surface area (Å²) in [6.07, 6.45) is 1.77. The van der Waals surface area contributed by atoms with Crippen molar-refractivity contribution in [1.29, 1.82) is 0 Å². The molecule has 0 bridgehead atoms. The Labute approximate surface area is 293 Å². The highest BCUT2D eigenvalue weighted by Gasteiger charge is 2.29. The Morgan fingerprint density at radius 3 is 2.33 bits per heavy atom. The molecule has 2 amide bonds. The number of amides is 2. The number of fused-ring (bicyclic) bond motifs is 1. The first-order valence-corrected chi connectivity index (χ1v) is 17.3. The molecule has 3 heterocycles. The van der Waals surface area contributed by atoms with Crippen LogP contribution >= 0.6 is 23.2 Å². The molecule has 10 heteroatoms. The Balaban J connectivity index is 1.18. The number of halogens is 2. The molecule has 0 saturated carbocycles. The lowest BCUT2D eigenvalue weighted by Crippen LogP contribution is -2.42. The second-order valence-corrected chi connectivity index (χ2v) is 13.4. The Kier molecular flexibility index (Phi) is 11.4. The zero-order chi connectivity index (χ0) is 33.5. The fourth-order valence-electron chi connectivity index (χ4n) is 6.19. The van der Waals surface area contributed by atoms with Gasteiger partial charge in [0.2, 0.25) is 0 Å². The molecule has 1 saturated heterocycles. The molecule has 8 nitrogen and oxygen atoms in total. The summed E-state index contributed by atoms with van der Waals surface area (Å²) in [4.78, 5) is 18.9. The Bertz CT molecular complexity index is 1770. The van der Waals surface area contributed by atoms with E-state index in [1.54, 1.807) is 19.0 Å². The molecule has 1 fully saturated rings. The number of benzene rings is 3. The zero-order valence-corrected chi connectivity index (χ0v) is 29.2. The molecule has 2 aliphatic heterocycles. The Morgan fingerprint density at radius 2 is 1.62 bits per heavy atom. The van der Waals surface area contributed by atoms with E-state index in [2.05, 4.69) is 38.9 Å². The van der Waals surface area contributed by atoms with Crippen LogP contribution in [0.2, 0.25) is 10.0 Å². The minimum Gasteiger partial charge on any atom is -0.379 e. The first-order chi connectivity index (χ1) is 23.3. The molecule has 48 heavy (non-hydrogen) atoms. The fourth-order valence-corrected chi connectivity index (χ4v) is 6.48. The summed E-state index contributed by atoms with van der Waals surface area (Å²) in [5.74, 6) is 6.59. The number of nitrogens with zero attached hydrogens (tertiary/aromatic N) is 5. The van der Waals surface area contributed by atoms with Crippen molar-refractivity contribution in [3.05, 3.63) is 110 Å². The maximum Gasteiger partial charge on any atom is 0.319 e. The molecule has 4 aromatic rings. The largest absolute Gasteiger partial charge is 0.379 e. The van der Waals surface area contributed by atoms with Crippen LogP contribution in [0.25, 0.3) is 11.3 Å². The maximum atomic E-state index is 12.9. The highest BCUT2D eigenvalue weighted by Crippen LogP contribution is 2.32. The fraction of sp³-hybridized carbons (Fsp3) is 0.368. The van der Waals surface area contributed by atoms with Gasteiger partial charge in [0, 0.05) is 99.3 Å². The maximum absolute atomic E-state index is 12.9. The van der Waals surface area contributed by atoms with Crippen molar-refractivity contribution in [2.45, 2.75) is 39.0 Å². The quantitative estimate of drug-likeness (QED) is 0.210. The van der Waals surface area contributed by atoms with Gasteiger partial charge in [-0.25, -0.2) is 4.79 Å². The van der Waals surface area contributed by atoms with Gasteiger partial charge < -0.3 is 19.9 Å². The van der Waals surface area contributed by atoms with Crippen molar-refractivity contribution in [3.8, 4) is 23.1 Å². The number of aromatic nitrogens is 2. The number of rotatable bonds is 9. The molecule has 2 aliphatic rings. The third-order valence-electron chi connectivity index (χ3n) is 8.84. The SMILES string of the molecule is CN(C)C(=O)N1CCc2c(c(-c3ccc(Cl)c(C#Cc4ccc(CNCc5ccc(Cl)cc5)cc4)c3)nn2CCCN2CCOCC2)C1. The standard InChI is InChI=1S/C38H42Cl2N6O2/c1-43(2)38(47)45-19-16-36-34(27-45)37(42-46(36)18-3-17-44-20-22-48-23-21-44)32-12-15-35(40)31(24-32)11-8-28-4-6-29(7-5-28)25-41-26-30-9-13-33(39)14-10-30/h4-7,9-10,12-15,24,41H,3,16-23,25-27H2,1-2H3. The van der Waals surface area contributed by atoms with E-state index in [1.165, 1.54) is 16.8 Å². The van der Waals surface area contributed by atoms with E-state index in [4.69, 9.17) is 33.0 Å². The average molecular weight is 686 g/mol. The lowest BCUT2D eigenvalue weighted by Gasteiger charge is -2.30. The monoisotopic (exact) mass is 684 g/mol.